The fourth-order valence-electron chi connectivity index (χ4n) is 0.765. The first-order valence-electron chi connectivity index (χ1n) is 4.50. The van der Waals surface area contributed by atoms with Gasteiger partial charge in [0, 0.05) is 0 Å². The van der Waals surface area contributed by atoms with Crippen molar-refractivity contribution in [2.24, 2.45) is 0 Å². The number of amides is 1. The highest BCUT2D eigenvalue weighted by Crippen LogP contribution is 2.07. The van der Waals surface area contributed by atoms with E-state index in [1.807, 2.05) is 0 Å². The molecule has 0 unspecified atom stereocenters. The number of rotatable bonds is 3. The highest BCUT2D eigenvalue weighted by molar-refractivity contribution is 5.68. The van der Waals surface area contributed by atoms with Crippen molar-refractivity contribution in [1.82, 2.24) is 5.32 Å². The maximum Gasteiger partial charge on any atom is 0.408 e. The van der Waals surface area contributed by atoms with E-state index in [0.717, 1.165) is 0 Å². The van der Waals surface area contributed by atoms with Gasteiger partial charge in [0.15, 0.2) is 0 Å². The maximum absolute atomic E-state index is 12.7. The van der Waals surface area contributed by atoms with E-state index in [1.54, 1.807) is 20.8 Å². The molecule has 2 N–H and O–H groups in total. The molecular formula is C9H18FNO3. The van der Waals surface area contributed by atoms with Crippen molar-refractivity contribution in [3.05, 3.63) is 0 Å². The summed E-state index contributed by atoms with van der Waals surface area (Å²) in [7, 11) is 0. The highest BCUT2D eigenvalue weighted by atomic mass is 19.1. The summed E-state index contributed by atoms with van der Waals surface area (Å²) in [6, 6.07) is -0.912. The van der Waals surface area contributed by atoms with Gasteiger partial charge in [-0.1, -0.05) is 0 Å². The van der Waals surface area contributed by atoms with E-state index in [-0.39, 0.29) is 0 Å². The molecule has 0 aliphatic carbocycles. The molecule has 0 rings (SSSR count). The number of hydrogen-bond acceptors (Lipinski definition) is 3. The number of halogens is 1. The van der Waals surface area contributed by atoms with Gasteiger partial charge in [0.1, 0.15) is 11.8 Å². The largest absolute Gasteiger partial charge is 0.444 e. The second kappa shape index (κ2) is 5.14. The first kappa shape index (κ1) is 13.2. The number of aliphatic hydroxyl groups excluding tert-OH is 1. The molecule has 0 fully saturated rings. The van der Waals surface area contributed by atoms with Crippen LogP contribution >= 0.6 is 0 Å². The summed E-state index contributed by atoms with van der Waals surface area (Å²) < 4.78 is 17.6. The van der Waals surface area contributed by atoms with Crippen molar-refractivity contribution in [2.45, 2.75) is 45.5 Å². The quantitative estimate of drug-likeness (QED) is 0.731. The smallest absolute Gasteiger partial charge is 0.408 e. The third-order valence-corrected chi connectivity index (χ3v) is 1.45. The number of aliphatic hydroxyl groups is 1. The van der Waals surface area contributed by atoms with Crippen molar-refractivity contribution < 1.29 is 19.0 Å². The van der Waals surface area contributed by atoms with E-state index in [2.05, 4.69) is 5.32 Å². The molecule has 0 aromatic rings. The fraction of sp³-hybridized carbons (Fsp3) is 0.889. The van der Waals surface area contributed by atoms with Gasteiger partial charge in [-0.3, -0.25) is 0 Å². The average molecular weight is 207 g/mol. The summed E-state index contributed by atoms with van der Waals surface area (Å²) in [4.78, 5) is 11.1. The summed E-state index contributed by atoms with van der Waals surface area (Å²) in [6.07, 6.45) is -2.03. The van der Waals surface area contributed by atoms with E-state index in [1.165, 1.54) is 6.92 Å². The van der Waals surface area contributed by atoms with Crippen LogP contribution in [0, 0.1) is 0 Å². The molecule has 84 valence electrons. The van der Waals surface area contributed by atoms with Crippen LogP contribution in [-0.4, -0.2) is 35.6 Å². The molecule has 0 saturated carbocycles. The van der Waals surface area contributed by atoms with Crippen LogP contribution in [-0.2, 0) is 4.74 Å². The van der Waals surface area contributed by atoms with E-state index in [0.29, 0.717) is 0 Å². The number of hydrogen-bond donors (Lipinski definition) is 2. The van der Waals surface area contributed by atoms with Gasteiger partial charge in [0.2, 0.25) is 0 Å². The Morgan fingerprint density at radius 2 is 2.07 bits per heavy atom. The topological polar surface area (TPSA) is 58.6 Å². The fourth-order valence-corrected chi connectivity index (χ4v) is 0.765. The number of nitrogens with one attached hydrogen (secondary N) is 1. The van der Waals surface area contributed by atoms with E-state index in [9.17, 15) is 9.18 Å². The first-order chi connectivity index (χ1) is 6.26. The molecule has 4 nitrogen and oxygen atoms in total. The van der Waals surface area contributed by atoms with Crippen LogP contribution in [0.25, 0.3) is 0 Å². The zero-order valence-corrected chi connectivity index (χ0v) is 9.00. The van der Waals surface area contributed by atoms with Crippen molar-refractivity contribution >= 4 is 6.09 Å². The first-order valence-corrected chi connectivity index (χ1v) is 4.50. The van der Waals surface area contributed by atoms with E-state index in [4.69, 9.17) is 9.84 Å². The zero-order valence-electron chi connectivity index (χ0n) is 9.00. The molecule has 0 heterocycles. The Morgan fingerprint density at radius 1 is 1.57 bits per heavy atom. The summed E-state index contributed by atoms with van der Waals surface area (Å²) in [5, 5.41) is 11.0. The molecule has 0 saturated heterocycles. The van der Waals surface area contributed by atoms with E-state index >= 15 is 0 Å². The number of carbonyl (C=O) groups is 1. The van der Waals surface area contributed by atoms with Crippen LogP contribution in [0.2, 0.25) is 0 Å². The predicted molar refractivity (Wildman–Crippen MR) is 50.8 cm³/mol. The number of carbonyl (C=O) groups excluding carboxylic acids is 1. The Hall–Kier alpha value is -0.840. The number of ether oxygens (including phenoxy) is 1. The monoisotopic (exact) mass is 207 g/mol. The average Bonchev–Trinajstić information content (AvgIpc) is 1.96. The molecule has 0 bridgehead atoms. The molecule has 0 aromatic carbocycles. The third-order valence-electron chi connectivity index (χ3n) is 1.45. The molecule has 0 aromatic heterocycles. The summed E-state index contributed by atoms with van der Waals surface area (Å²) >= 11 is 0. The lowest BCUT2D eigenvalue weighted by Gasteiger charge is -2.23. The third kappa shape index (κ3) is 5.75. The van der Waals surface area contributed by atoms with Crippen molar-refractivity contribution in [3.63, 3.8) is 0 Å². The Morgan fingerprint density at radius 3 is 2.36 bits per heavy atom. The summed E-state index contributed by atoms with van der Waals surface area (Å²) in [5.74, 6) is 0. The second-order valence-corrected chi connectivity index (χ2v) is 4.11. The Bertz CT molecular complexity index is 189. The van der Waals surface area contributed by atoms with Gasteiger partial charge in [-0.25, -0.2) is 9.18 Å². The predicted octanol–water partition coefficient (Wildman–Crippen LogP) is 1.23. The lowest BCUT2D eigenvalue weighted by atomic mass is 10.2. The molecule has 0 radical (unpaired) electrons. The Labute approximate surface area is 83.4 Å². The minimum atomic E-state index is -1.31. The molecule has 0 aliphatic heterocycles. The van der Waals surface area contributed by atoms with Crippen LogP contribution in [0.4, 0.5) is 9.18 Å². The minimum Gasteiger partial charge on any atom is -0.444 e. The maximum atomic E-state index is 12.7. The Kier molecular flexibility index (Phi) is 4.83. The van der Waals surface area contributed by atoms with Crippen LogP contribution in [0.15, 0.2) is 0 Å². The molecule has 2 atom stereocenters. The zero-order chi connectivity index (χ0) is 11.4. The van der Waals surface area contributed by atoms with Gasteiger partial charge in [-0.15, -0.1) is 0 Å². The van der Waals surface area contributed by atoms with Crippen molar-refractivity contribution in [1.29, 1.82) is 0 Å². The van der Waals surface area contributed by atoms with Crippen molar-refractivity contribution in [2.75, 3.05) is 6.61 Å². The number of alkyl carbamates (subject to hydrolysis) is 1. The molecule has 5 heteroatoms. The van der Waals surface area contributed by atoms with Gasteiger partial charge < -0.3 is 15.2 Å². The van der Waals surface area contributed by atoms with E-state index < -0.39 is 30.5 Å². The molecule has 14 heavy (non-hydrogen) atoms. The second-order valence-electron chi connectivity index (χ2n) is 4.11. The van der Waals surface area contributed by atoms with Gasteiger partial charge in [-0.05, 0) is 27.7 Å². The highest BCUT2D eigenvalue weighted by Gasteiger charge is 2.22. The lowest BCUT2D eigenvalue weighted by molar-refractivity contribution is 0.0442. The normalized spacial score (nSPS) is 15.9. The standard InChI is InChI=1S/C9H18FNO3/c1-6(10)7(5-12)11-8(13)14-9(2,3)4/h6-7,12H,5H2,1-4H3,(H,11,13)/t6-,7+/m0/s1. The lowest BCUT2D eigenvalue weighted by Crippen LogP contribution is -2.45. The van der Waals surface area contributed by atoms with Gasteiger partial charge in [-0.2, -0.15) is 0 Å². The van der Waals surface area contributed by atoms with Crippen molar-refractivity contribution in [3.8, 4) is 0 Å². The van der Waals surface area contributed by atoms with Gasteiger partial charge in [0.25, 0.3) is 0 Å². The van der Waals surface area contributed by atoms with Crippen LogP contribution < -0.4 is 5.32 Å². The van der Waals surface area contributed by atoms with Crippen LogP contribution in [0.1, 0.15) is 27.7 Å². The number of alkyl halides is 1. The summed E-state index contributed by atoms with van der Waals surface area (Å²) in [6.45, 7) is 5.94. The molecular weight excluding hydrogens is 189 g/mol. The van der Waals surface area contributed by atoms with Gasteiger partial charge >= 0.3 is 6.09 Å². The van der Waals surface area contributed by atoms with Gasteiger partial charge in [0.05, 0.1) is 12.6 Å². The molecule has 0 aliphatic rings. The summed E-state index contributed by atoms with van der Waals surface area (Å²) in [5.41, 5.74) is -0.621. The van der Waals surface area contributed by atoms with Crippen LogP contribution in [0.5, 0.6) is 0 Å². The Balaban J connectivity index is 4.04. The minimum absolute atomic E-state index is 0.448. The molecule has 0 spiro atoms. The molecule has 1 amide bonds. The van der Waals surface area contributed by atoms with Crippen LogP contribution in [0.3, 0.4) is 0 Å². The SMILES string of the molecule is C[C@H](F)[C@@H](CO)NC(=O)OC(C)(C)C.